The number of non-ortho nitro benzene ring substituents is 1. The van der Waals surface area contributed by atoms with Crippen molar-refractivity contribution in [3.63, 3.8) is 0 Å². The summed E-state index contributed by atoms with van der Waals surface area (Å²) in [4.78, 5) is 35.9. The van der Waals surface area contributed by atoms with Crippen LogP contribution in [-0.4, -0.2) is 21.4 Å². The van der Waals surface area contributed by atoms with Crippen molar-refractivity contribution in [1.29, 1.82) is 0 Å². The highest BCUT2D eigenvalue weighted by Gasteiger charge is 2.18. The molecule has 4 rings (SSSR count). The van der Waals surface area contributed by atoms with Crippen molar-refractivity contribution in [2.75, 3.05) is 0 Å². The lowest BCUT2D eigenvalue weighted by Gasteiger charge is -2.05. The topological polar surface area (TPSA) is 91.4 Å². The second-order valence-electron chi connectivity index (χ2n) is 7.80. The lowest BCUT2D eigenvalue weighted by molar-refractivity contribution is -0.384. The van der Waals surface area contributed by atoms with Crippen LogP contribution in [0.15, 0.2) is 79.0 Å². The molecule has 0 aliphatic rings. The number of halogens is 1. The summed E-state index contributed by atoms with van der Waals surface area (Å²) in [6.07, 6.45) is 3.01. The molecule has 7 nitrogen and oxygen atoms in total. The zero-order chi connectivity index (χ0) is 24.1. The summed E-state index contributed by atoms with van der Waals surface area (Å²) in [5.41, 5.74) is 2.47. The largest absolute Gasteiger partial charge is 0.461 e. The molecule has 0 spiro atoms. The molecule has 0 N–H and O–H groups in total. The van der Waals surface area contributed by atoms with Crippen molar-refractivity contribution in [1.82, 2.24) is 4.57 Å². The number of nitrogens with zero attached hydrogens (tertiary/aromatic N) is 2. The first-order valence-electron chi connectivity index (χ1n) is 10.7. The highest BCUT2D eigenvalue weighted by molar-refractivity contribution is 6.31. The van der Waals surface area contributed by atoms with Gasteiger partial charge in [-0.15, -0.1) is 0 Å². The molecule has 0 unspecified atom stereocenters. The van der Waals surface area contributed by atoms with Crippen LogP contribution in [0.2, 0.25) is 5.02 Å². The van der Waals surface area contributed by atoms with Gasteiger partial charge in [0.05, 0.1) is 10.4 Å². The number of hydrogen-bond acceptors (Lipinski definition) is 5. The summed E-state index contributed by atoms with van der Waals surface area (Å²) in [5.74, 6) is -0.678. The van der Waals surface area contributed by atoms with Crippen molar-refractivity contribution in [2.24, 2.45) is 0 Å². The smallest absolute Gasteiger partial charge is 0.306 e. The molecule has 0 atom stereocenters. The molecular formula is C26H21ClN2O5. The van der Waals surface area contributed by atoms with Crippen molar-refractivity contribution < 1.29 is 19.2 Å². The molecule has 0 aliphatic heterocycles. The summed E-state index contributed by atoms with van der Waals surface area (Å²) < 4.78 is 6.80. The molecule has 0 saturated carbocycles. The normalized spacial score (nSPS) is 10.9. The standard InChI is InChI=1S/C26H21ClN2O5/c27-21-12-13-24-23(15-21)20(9-5-11-25(30)34-17-18-6-2-1-3-7-18)16-28(24)26(31)19-8-4-10-22(14-19)29(32)33/h1-4,6-8,10,12-16H,5,9,11,17H2. The van der Waals surface area contributed by atoms with Gasteiger partial charge in [-0.25, -0.2) is 0 Å². The molecule has 0 aliphatic carbocycles. The summed E-state index contributed by atoms with van der Waals surface area (Å²) >= 11 is 6.19. The van der Waals surface area contributed by atoms with E-state index in [1.165, 1.54) is 22.8 Å². The third-order valence-corrected chi connectivity index (χ3v) is 5.68. The minimum Gasteiger partial charge on any atom is -0.461 e. The third kappa shape index (κ3) is 5.32. The van der Waals surface area contributed by atoms with E-state index in [0.717, 1.165) is 16.5 Å². The Balaban J connectivity index is 1.49. The molecule has 34 heavy (non-hydrogen) atoms. The second kappa shape index (κ2) is 10.3. The number of fused-ring (bicyclic) bond motifs is 1. The maximum atomic E-state index is 13.2. The number of aryl methyl sites for hydroxylation is 1. The van der Waals surface area contributed by atoms with E-state index in [1.807, 2.05) is 30.3 Å². The van der Waals surface area contributed by atoms with Crippen molar-refractivity contribution in [3.8, 4) is 0 Å². The molecule has 4 aromatic rings. The Morgan fingerprint density at radius 3 is 2.56 bits per heavy atom. The summed E-state index contributed by atoms with van der Waals surface area (Å²) in [6.45, 7) is 0.228. The summed E-state index contributed by atoms with van der Waals surface area (Å²) in [6, 6.07) is 20.3. The fourth-order valence-electron chi connectivity index (χ4n) is 3.76. The molecule has 0 amide bonds. The Kier molecular flexibility index (Phi) is 7.04. The van der Waals surface area contributed by atoms with E-state index in [4.69, 9.17) is 16.3 Å². The van der Waals surface area contributed by atoms with Gasteiger partial charge in [-0.2, -0.15) is 0 Å². The van der Waals surface area contributed by atoms with E-state index < -0.39 is 4.92 Å². The van der Waals surface area contributed by atoms with Crippen LogP contribution in [0.4, 0.5) is 5.69 Å². The highest BCUT2D eigenvalue weighted by atomic mass is 35.5. The van der Waals surface area contributed by atoms with Crippen LogP contribution in [0.25, 0.3) is 10.9 Å². The Hall–Kier alpha value is -3.97. The maximum Gasteiger partial charge on any atom is 0.306 e. The molecule has 3 aromatic carbocycles. The zero-order valence-corrected chi connectivity index (χ0v) is 18.9. The number of nitro benzene ring substituents is 1. The number of esters is 1. The van der Waals surface area contributed by atoms with Gasteiger partial charge in [0.15, 0.2) is 0 Å². The molecule has 0 radical (unpaired) electrons. The van der Waals surface area contributed by atoms with E-state index in [1.54, 1.807) is 30.5 Å². The quantitative estimate of drug-likeness (QED) is 0.178. The minimum atomic E-state index is -0.535. The SMILES string of the molecule is O=C(CCCc1cn(C(=O)c2cccc([N+](=O)[O-])c2)c2ccc(Cl)cc12)OCc1ccccc1. The first-order chi connectivity index (χ1) is 16.4. The predicted octanol–water partition coefficient (Wildman–Crippen LogP) is 5.96. The first-order valence-corrected chi connectivity index (χ1v) is 11.1. The van der Waals surface area contributed by atoms with Gasteiger partial charge in [0.25, 0.3) is 11.6 Å². The third-order valence-electron chi connectivity index (χ3n) is 5.44. The summed E-state index contributed by atoms with van der Waals surface area (Å²) in [5, 5.41) is 12.4. The molecule has 172 valence electrons. The van der Waals surface area contributed by atoms with E-state index in [0.29, 0.717) is 23.4 Å². The van der Waals surface area contributed by atoms with Crippen LogP contribution in [0, 0.1) is 10.1 Å². The number of aromatic nitrogens is 1. The number of nitro groups is 1. The highest BCUT2D eigenvalue weighted by Crippen LogP contribution is 2.27. The van der Waals surface area contributed by atoms with E-state index in [-0.39, 0.29) is 36.2 Å². The first kappa shape index (κ1) is 23.2. The number of rotatable bonds is 8. The van der Waals surface area contributed by atoms with Gasteiger partial charge >= 0.3 is 5.97 Å². The Bertz CT molecular complexity index is 1360. The molecule has 1 heterocycles. The number of carbonyl (C=O) groups excluding carboxylic acids is 2. The maximum absolute atomic E-state index is 13.2. The predicted molar refractivity (Wildman–Crippen MR) is 129 cm³/mol. The van der Waals surface area contributed by atoms with Crippen molar-refractivity contribution >= 4 is 40.1 Å². The molecule has 0 saturated heterocycles. The van der Waals surface area contributed by atoms with Crippen LogP contribution in [0.3, 0.4) is 0 Å². The minimum absolute atomic E-state index is 0.153. The zero-order valence-electron chi connectivity index (χ0n) is 18.1. The van der Waals surface area contributed by atoms with Gasteiger partial charge in [0.2, 0.25) is 0 Å². The Morgan fingerprint density at radius 2 is 1.79 bits per heavy atom. The number of benzene rings is 3. The summed E-state index contributed by atoms with van der Waals surface area (Å²) in [7, 11) is 0. The molecule has 8 heteroatoms. The average Bonchev–Trinajstić information content (AvgIpc) is 3.20. The number of hydrogen-bond donors (Lipinski definition) is 0. The molecular weight excluding hydrogens is 456 g/mol. The fourth-order valence-corrected chi connectivity index (χ4v) is 3.93. The van der Waals surface area contributed by atoms with Gasteiger partial charge in [0.1, 0.15) is 6.61 Å². The monoisotopic (exact) mass is 476 g/mol. The van der Waals surface area contributed by atoms with Gasteiger partial charge in [-0.1, -0.05) is 48.0 Å². The Labute approximate surface area is 200 Å². The fraction of sp³-hybridized carbons (Fsp3) is 0.154. The van der Waals surface area contributed by atoms with E-state index >= 15 is 0 Å². The molecule has 1 aromatic heterocycles. The van der Waals surface area contributed by atoms with Gasteiger partial charge in [-0.05, 0) is 48.2 Å². The van der Waals surface area contributed by atoms with E-state index in [2.05, 4.69) is 0 Å². The second-order valence-corrected chi connectivity index (χ2v) is 8.23. The Morgan fingerprint density at radius 1 is 1.00 bits per heavy atom. The lowest BCUT2D eigenvalue weighted by Crippen LogP contribution is -2.11. The lowest BCUT2D eigenvalue weighted by atomic mass is 10.1. The number of carbonyl (C=O) groups is 2. The van der Waals surface area contributed by atoms with Crippen LogP contribution >= 0.6 is 11.6 Å². The van der Waals surface area contributed by atoms with Crippen LogP contribution in [0.5, 0.6) is 0 Å². The van der Waals surface area contributed by atoms with Crippen molar-refractivity contribution in [3.05, 3.63) is 111 Å². The average molecular weight is 477 g/mol. The van der Waals surface area contributed by atoms with Gasteiger partial charge in [0, 0.05) is 40.7 Å². The van der Waals surface area contributed by atoms with Crippen LogP contribution < -0.4 is 0 Å². The number of ether oxygens (including phenoxy) is 1. The molecule has 0 bridgehead atoms. The molecule has 0 fully saturated rings. The van der Waals surface area contributed by atoms with Crippen LogP contribution in [-0.2, 0) is 22.6 Å². The van der Waals surface area contributed by atoms with Gasteiger partial charge in [-0.3, -0.25) is 24.3 Å². The van der Waals surface area contributed by atoms with Gasteiger partial charge < -0.3 is 4.74 Å². The van der Waals surface area contributed by atoms with Crippen LogP contribution in [0.1, 0.15) is 34.3 Å². The van der Waals surface area contributed by atoms with Crippen molar-refractivity contribution in [2.45, 2.75) is 25.9 Å². The van der Waals surface area contributed by atoms with E-state index in [9.17, 15) is 19.7 Å².